The minimum absolute atomic E-state index is 0.130. The second kappa shape index (κ2) is 5.91. The molecule has 6 N–H and O–H groups in total. The highest BCUT2D eigenvalue weighted by Gasteiger charge is 2.60. The van der Waals surface area contributed by atoms with Gasteiger partial charge in [-0.1, -0.05) is 0 Å². The van der Waals surface area contributed by atoms with Gasteiger partial charge in [-0.05, 0) is 17.9 Å². The zero-order valence-corrected chi connectivity index (χ0v) is 12.5. The van der Waals surface area contributed by atoms with Crippen molar-refractivity contribution in [1.82, 2.24) is 9.55 Å². The van der Waals surface area contributed by atoms with Crippen molar-refractivity contribution in [2.45, 2.75) is 24.3 Å². The van der Waals surface area contributed by atoms with Crippen LogP contribution in [0.15, 0.2) is 17.1 Å². The number of hydrogen-bond acceptors (Lipinski definition) is 8. The Morgan fingerprint density at radius 2 is 2.27 bits per heavy atom. The molecule has 0 aromatic carbocycles. The summed E-state index contributed by atoms with van der Waals surface area (Å²) in [5.74, 6) is -3.51. The van der Waals surface area contributed by atoms with E-state index in [1.54, 1.807) is 0 Å². The minimum Gasteiger partial charge on any atom is -0.394 e. The second-order valence-corrected chi connectivity index (χ2v) is 7.11. The first kappa shape index (κ1) is 17.4. The molecule has 0 unspecified atom stereocenters. The lowest BCUT2D eigenvalue weighted by Gasteiger charge is -2.27. The fourth-order valence-electron chi connectivity index (χ4n) is 2.03. The Hall–Kier alpha value is -0.980. The van der Waals surface area contributed by atoms with Crippen LogP contribution in [-0.4, -0.2) is 54.2 Å². The maximum Gasteiger partial charge on any atom is 0.351 e. The molecular weight excluding hydrogens is 344 g/mol. The highest BCUT2D eigenvalue weighted by atomic mass is 32.5. The topological polar surface area (TPSA) is 160 Å². The third-order valence-corrected chi connectivity index (χ3v) is 3.68. The quantitative estimate of drug-likeness (QED) is 0.380. The van der Waals surface area contributed by atoms with Gasteiger partial charge in [0.15, 0.2) is 12.3 Å². The van der Waals surface area contributed by atoms with Crippen molar-refractivity contribution >= 4 is 24.3 Å². The number of aliphatic hydroxyl groups excluding tert-OH is 1. The molecular formula is C9H13FN3O7PS. The number of rotatable bonds is 4. The lowest BCUT2D eigenvalue weighted by Crippen LogP contribution is -2.46. The normalized spacial score (nSPS) is 32.3. The van der Waals surface area contributed by atoms with Crippen molar-refractivity contribution in [1.29, 1.82) is 0 Å². The summed E-state index contributed by atoms with van der Waals surface area (Å²) in [6.45, 7) is -5.20. The number of aromatic nitrogens is 2. The summed E-state index contributed by atoms with van der Waals surface area (Å²) in [5.41, 5.74) is 4.27. The summed E-state index contributed by atoms with van der Waals surface area (Å²) >= 11 is 4.21. The van der Waals surface area contributed by atoms with Gasteiger partial charge in [0.25, 0.3) is 5.85 Å². The number of alkyl halides is 1. The molecule has 2 rings (SSSR count). The van der Waals surface area contributed by atoms with Gasteiger partial charge in [-0.3, -0.25) is 9.09 Å². The van der Waals surface area contributed by atoms with Gasteiger partial charge < -0.3 is 30.5 Å². The lowest BCUT2D eigenvalue weighted by atomic mass is 10.1. The zero-order valence-electron chi connectivity index (χ0n) is 10.8. The molecule has 4 atom stereocenters. The van der Waals surface area contributed by atoms with Gasteiger partial charge in [0.1, 0.15) is 11.9 Å². The van der Waals surface area contributed by atoms with E-state index in [0.717, 1.165) is 12.3 Å². The molecule has 1 aliphatic heterocycles. The summed E-state index contributed by atoms with van der Waals surface area (Å²) in [4.78, 5) is 33.3. The number of nitrogens with zero attached hydrogens (tertiary/aromatic N) is 2. The first-order valence-electron chi connectivity index (χ1n) is 5.82. The monoisotopic (exact) mass is 357 g/mol. The molecule has 13 heteroatoms. The molecule has 1 saturated heterocycles. The van der Waals surface area contributed by atoms with Crippen molar-refractivity contribution in [2.75, 3.05) is 12.3 Å². The zero-order chi connectivity index (χ0) is 16.7. The maximum atomic E-state index is 14.6. The SMILES string of the molecule is Nc1ccn([C@@H]2O[C@H](CO)[C@@H](OP(O)(O)=S)[C@]2(O)F)c(=O)n1. The number of halogens is 1. The van der Waals surface area contributed by atoms with Crippen LogP contribution in [-0.2, 0) is 21.1 Å². The molecule has 2 heterocycles. The van der Waals surface area contributed by atoms with E-state index in [-0.39, 0.29) is 5.82 Å². The van der Waals surface area contributed by atoms with Crippen LogP contribution in [0.5, 0.6) is 0 Å². The van der Waals surface area contributed by atoms with Crippen molar-refractivity contribution in [3.8, 4) is 0 Å². The number of ether oxygens (including phenoxy) is 1. The molecule has 0 saturated carbocycles. The molecule has 0 bridgehead atoms. The van der Waals surface area contributed by atoms with Gasteiger partial charge in [0, 0.05) is 6.20 Å². The summed E-state index contributed by atoms with van der Waals surface area (Å²) < 4.78 is 24.7. The van der Waals surface area contributed by atoms with E-state index in [2.05, 4.69) is 21.3 Å². The number of nitrogens with two attached hydrogens (primary N) is 1. The molecule has 0 radical (unpaired) electrons. The van der Waals surface area contributed by atoms with Crippen molar-refractivity contribution in [2.24, 2.45) is 0 Å². The molecule has 124 valence electrons. The molecule has 1 aromatic heterocycles. The number of hydrogen-bond donors (Lipinski definition) is 5. The van der Waals surface area contributed by atoms with Gasteiger partial charge in [0.2, 0.25) is 0 Å². The van der Waals surface area contributed by atoms with Crippen LogP contribution >= 0.6 is 6.72 Å². The Balaban J connectivity index is 2.42. The lowest BCUT2D eigenvalue weighted by molar-refractivity contribution is -0.193. The molecule has 1 fully saturated rings. The van der Waals surface area contributed by atoms with Gasteiger partial charge in [0.05, 0.1) is 6.61 Å². The van der Waals surface area contributed by atoms with Crippen LogP contribution in [0.2, 0.25) is 0 Å². The maximum absolute atomic E-state index is 14.6. The van der Waals surface area contributed by atoms with E-state index in [4.69, 9.17) is 25.4 Å². The van der Waals surface area contributed by atoms with Crippen LogP contribution in [0.3, 0.4) is 0 Å². The predicted octanol–water partition coefficient (Wildman–Crippen LogP) is -2.03. The standard InChI is InChI=1S/C9H13FN3O7PS/c10-9(16)6(20-21(17,18)22)4(3-14)19-7(9)13-2-1-5(11)12-8(13)15/h1-2,4,6-7,14,16H,3H2,(H2,11,12,15)(H2,17,18,22)/t4-,6-,7-,9-/m1/s1. The summed E-state index contributed by atoms with van der Waals surface area (Å²) in [7, 11) is 0. The smallest absolute Gasteiger partial charge is 0.351 e. The molecule has 0 spiro atoms. The molecule has 22 heavy (non-hydrogen) atoms. The van der Waals surface area contributed by atoms with Gasteiger partial charge in [-0.15, -0.1) is 0 Å². The fourth-order valence-corrected chi connectivity index (χ4v) is 2.88. The molecule has 1 aliphatic rings. The highest BCUT2D eigenvalue weighted by Crippen LogP contribution is 2.48. The second-order valence-electron chi connectivity index (χ2n) is 4.50. The summed E-state index contributed by atoms with van der Waals surface area (Å²) in [5, 5.41) is 19.1. The molecule has 10 nitrogen and oxygen atoms in total. The third kappa shape index (κ3) is 3.34. The van der Waals surface area contributed by atoms with E-state index in [1.807, 2.05) is 0 Å². The van der Waals surface area contributed by atoms with Crippen molar-refractivity contribution in [3.05, 3.63) is 22.7 Å². The average molecular weight is 357 g/mol. The Morgan fingerprint density at radius 1 is 1.64 bits per heavy atom. The number of anilines is 1. The van der Waals surface area contributed by atoms with Crippen LogP contribution in [0.1, 0.15) is 6.23 Å². The van der Waals surface area contributed by atoms with Crippen LogP contribution in [0.4, 0.5) is 10.2 Å². The Kier molecular flexibility index (Phi) is 4.66. The average Bonchev–Trinajstić information content (AvgIpc) is 2.60. The Morgan fingerprint density at radius 3 is 2.77 bits per heavy atom. The minimum atomic E-state index is -4.36. The first-order valence-corrected chi connectivity index (χ1v) is 8.45. The fraction of sp³-hybridized carbons (Fsp3) is 0.556. The van der Waals surface area contributed by atoms with Gasteiger partial charge >= 0.3 is 12.4 Å². The molecule has 1 aromatic rings. The van der Waals surface area contributed by atoms with E-state index < -0.39 is 43.3 Å². The van der Waals surface area contributed by atoms with E-state index in [0.29, 0.717) is 4.57 Å². The van der Waals surface area contributed by atoms with Crippen molar-refractivity contribution in [3.63, 3.8) is 0 Å². The van der Waals surface area contributed by atoms with Gasteiger partial charge in [-0.2, -0.15) is 4.98 Å². The van der Waals surface area contributed by atoms with E-state index in [1.165, 1.54) is 0 Å². The largest absolute Gasteiger partial charge is 0.394 e. The van der Waals surface area contributed by atoms with E-state index >= 15 is 0 Å². The van der Waals surface area contributed by atoms with Crippen LogP contribution in [0.25, 0.3) is 0 Å². The first-order chi connectivity index (χ1) is 10.1. The summed E-state index contributed by atoms with van der Waals surface area (Å²) in [6, 6.07) is 1.16. The van der Waals surface area contributed by atoms with Gasteiger partial charge in [-0.25, -0.2) is 9.18 Å². The van der Waals surface area contributed by atoms with Crippen molar-refractivity contribution < 1.29 is 33.7 Å². The third-order valence-electron chi connectivity index (χ3n) is 2.92. The number of aliphatic hydroxyl groups is 2. The summed E-state index contributed by atoms with van der Waals surface area (Å²) in [6.07, 6.45) is -4.44. The van der Waals surface area contributed by atoms with Crippen LogP contribution in [0, 0.1) is 0 Å². The highest BCUT2D eigenvalue weighted by molar-refractivity contribution is 8.06. The predicted molar refractivity (Wildman–Crippen MR) is 73.6 cm³/mol. The molecule has 0 aliphatic carbocycles. The van der Waals surface area contributed by atoms with Crippen LogP contribution < -0.4 is 11.4 Å². The molecule has 0 amide bonds. The Bertz CT molecular complexity index is 665. The van der Waals surface area contributed by atoms with E-state index in [9.17, 15) is 14.3 Å². The number of nitrogen functional groups attached to an aromatic ring is 1. The Labute approximate surface area is 127 Å².